The molecule has 1 amide bonds. The number of hydrogen-bond donors (Lipinski definition) is 2. The number of hydrogen-bond acceptors (Lipinski definition) is 2. The van der Waals surface area contributed by atoms with Crippen molar-refractivity contribution >= 4 is 34.8 Å². The minimum atomic E-state index is -0.0874. The molecule has 0 bridgehead atoms. The van der Waals surface area contributed by atoms with E-state index in [1.54, 1.807) is 12.1 Å². The van der Waals surface area contributed by atoms with Gasteiger partial charge in [0.15, 0.2) is 0 Å². The van der Waals surface area contributed by atoms with Crippen LogP contribution in [0.15, 0.2) is 36.4 Å². The van der Waals surface area contributed by atoms with Gasteiger partial charge in [-0.25, -0.2) is 0 Å². The molecule has 3 nitrogen and oxygen atoms in total. The molecule has 0 unspecified atom stereocenters. The van der Waals surface area contributed by atoms with Crippen molar-refractivity contribution in [3.63, 3.8) is 0 Å². The number of carbonyl (C=O) groups is 1. The topological polar surface area (TPSA) is 41.1 Å². The van der Waals surface area contributed by atoms with Gasteiger partial charge in [0.25, 0.3) is 0 Å². The lowest BCUT2D eigenvalue weighted by molar-refractivity contribution is -0.115. The zero-order valence-corrected chi connectivity index (χ0v) is 14.9. The summed E-state index contributed by atoms with van der Waals surface area (Å²) in [7, 11) is 0. The van der Waals surface area contributed by atoms with Crippen LogP contribution in [0.3, 0.4) is 0 Å². The Balaban J connectivity index is 1.95. The highest BCUT2D eigenvalue weighted by atomic mass is 35.5. The molecule has 2 aromatic rings. The van der Waals surface area contributed by atoms with Crippen LogP contribution < -0.4 is 10.6 Å². The molecule has 0 aliphatic carbocycles. The molecule has 0 heterocycles. The first-order valence-corrected chi connectivity index (χ1v) is 8.18. The van der Waals surface area contributed by atoms with E-state index < -0.39 is 0 Å². The maximum absolute atomic E-state index is 12.1. The highest BCUT2D eigenvalue weighted by Crippen LogP contribution is 2.26. The second kappa shape index (κ2) is 7.82. The van der Waals surface area contributed by atoms with Crippen LogP contribution in [0.1, 0.15) is 29.7 Å². The van der Waals surface area contributed by atoms with Crippen molar-refractivity contribution in [2.24, 2.45) is 0 Å². The Hall–Kier alpha value is -1.55. The first-order valence-electron chi connectivity index (χ1n) is 7.43. The third-order valence-corrected chi connectivity index (χ3v) is 4.44. The van der Waals surface area contributed by atoms with Crippen LogP contribution in [0, 0.1) is 13.8 Å². The van der Waals surface area contributed by atoms with E-state index in [0.717, 1.165) is 22.4 Å². The van der Waals surface area contributed by atoms with Gasteiger partial charge in [0.1, 0.15) is 0 Å². The molecule has 0 spiro atoms. The normalized spacial score (nSPS) is 12.0. The molecule has 0 aliphatic heterocycles. The van der Waals surface area contributed by atoms with Crippen molar-refractivity contribution in [1.82, 2.24) is 5.32 Å². The van der Waals surface area contributed by atoms with Gasteiger partial charge in [0.2, 0.25) is 5.91 Å². The molecule has 122 valence electrons. The average Bonchev–Trinajstić information content (AvgIpc) is 2.49. The number of carbonyl (C=O) groups excluding carboxylic acids is 1. The summed E-state index contributed by atoms with van der Waals surface area (Å²) in [5.41, 5.74) is 3.98. The number of halogens is 2. The first-order chi connectivity index (χ1) is 10.9. The molecule has 2 aromatic carbocycles. The summed E-state index contributed by atoms with van der Waals surface area (Å²) in [6.07, 6.45) is 0. The summed E-state index contributed by atoms with van der Waals surface area (Å²) in [6, 6.07) is 11.2. The first kappa shape index (κ1) is 17.8. The van der Waals surface area contributed by atoms with Crippen molar-refractivity contribution < 1.29 is 4.79 Å². The second-order valence-corrected chi connectivity index (χ2v) is 6.41. The number of benzene rings is 2. The molecule has 23 heavy (non-hydrogen) atoms. The Bertz CT molecular complexity index is 716. The van der Waals surface area contributed by atoms with Gasteiger partial charge in [-0.1, -0.05) is 41.4 Å². The van der Waals surface area contributed by atoms with E-state index in [4.69, 9.17) is 23.2 Å². The fourth-order valence-electron chi connectivity index (χ4n) is 2.29. The van der Waals surface area contributed by atoms with Crippen LogP contribution >= 0.6 is 23.2 Å². The number of anilines is 1. The lowest BCUT2D eigenvalue weighted by Gasteiger charge is -2.16. The minimum absolute atomic E-state index is 0.0517. The van der Waals surface area contributed by atoms with Crippen LogP contribution in [-0.2, 0) is 4.79 Å². The summed E-state index contributed by atoms with van der Waals surface area (Å²) in [5.74, 6) is -0.0874. The molecule has 0 aliphatic rings. The van der Waals surface area contributed by atoms with Gasteiger partial charge in [-0.15, -0.1) is 0 Å². The second-order valence-electron chi connectivity index (χ2n) is 5.56. The van der Waals surface area contributed by atoms with Crippen LogP contribution in [0.5, 0.6) is 0 Å². The summed E-state index contributed by atoms with van der Waals surface area (Å²) < 4.78 is 0. The Kier molecular flexibility index (Phi) is 6.05. The number of rotatable bonds is 5. The van der Waals surface area contributed by atoms with Crippen LogP contribution in [0.4, 0.5) is 5.69 Å². The third kappa shape index (κ3) is 4.71. The Morgan fingerprint density at radius 2 is 1.91 bits per heavy atom. The maximum Gasteiger partial charge on any atom is 0.238 e. The summed E-state index contributed by atoms with van der Waals surface area (Å²) in [4.78, 5) is 12.1. The van der Waals surface area contributed by atoms with Gasteiger partial charge in [-0.05, 0) is 55.7 Å². The molecule has 0 aromatic heterocycles. The summed E-state index contributed by atoms with van der Waals surface area (Å²) in [5, 5.41) is 7.29. The maximum atomic E-state index is 12.1. The SMILES string of the molecule is Cc1cccc(NC(=O)CN[C@@H](C)c2ccc(Cl)cc2Cl)c1C. The van der Waals surface area contributed by atoms with Crippen molar-refractivity contribution in [3.8, 4) is 0 Å². The van der Waals surface area contributed by atoms with E-state index in [0.29, 0.717) is 10.0 Å². The van der Waals surface area contributed by atoms with Crippen molar-refractivity contribution in [1.29, 1.82) is 0 Å². The van der Waals surface area contributed by atoms with Gasteiger partial charge in [0.05, 0.1) is 6.54 Å². The minimum Gasteiger partial charge on any atom is -0.325 e. The van der Waals surface area contributed by atoms with E-state index in [1.165, 1.54) is 0 Å². The fourth-order valence-corrected chi connectivity index (χ4v) is 2.86. The Labute approximate surface area is 147 Å². The number of amides is 1. The van der Waals surface area contributed by atoms with Gasteiger partial charge in [-0.3, -0.25) is 4.79 Å². The van der Waals surface area contributed by atoms with Gasteiger partial charge >= 0.3 is 0 Å². The van der Waals surface area contributed by atoms with Crippen LogP contribution in [0.25, 0.3) is 0 Å². The zero-order valence-electron chi connectivity index (χ0n) is 13.4. The fraction of sp³-hybridized carbons (Fsp3) is 0.278. The van der Waals surface area contributed by atoms with Gasteiger partial charge in [-0.2, -0.15) is 0 Å². The van der Waals surface area contributed by atoms with E-state index in [9.17, 15) is 4.79 Å². The molecule has 0 fully saturated rings. The lowest BCUT2D eigenvalue weighted by atomic mass is 10.1. The van der Waals surface area contributed by atoms with Crippen molar-refractivity contribution in [2.45, 2.75) is 26.8 Å². The molecule has 0 saturated heterocycles. The standard InChI is InChI=1S/C18H20Cl2N2O/c1-11-5-4-6-17(12(11)2)22-18(23)10-21-13(3)15-8-7-14(19)9-16(15)20/h4-9,13,21H,10H2,1-3H3,(H,22,23)/t13-/m0/s1. The van der Waals surface area contributed by atoms with E-state index >= 15 is 0 Å². The molecule has 2 N–H and O–H groups in total. The summed E-state index contributed by atoms with van der Waals surface area (Å²) in [6.45, 7) is 6.18. The van der Waals surface area contributed by atoms with Gasteiger partial charge in [0, 0.05) is 21.8 Å². The lowest BCUT2D eigenvalue weighted by Crippen LogP contribution is -2.30. The van der Waals surface area contributed by atoms with Crippen LogP contribution in [0.2, 0.25) is 10.0 Å². The average molecular weight is 351 g/mol. The van der Waals surface area contributed by atoms with Crippen molar-refractivity contribution in [2.75, 3.05) is 11.9 Å². The molecule has 0 radical (unpaired) electrons. The van der Waals surface area contributed by atoms with Crippen molar-refractivity contribution in [3.05, 3.63) is 63.1 Å². The van der Waals surface area contributed by atoms with E-state index in [-0.39, 0.29) is 18.5 Å². The number of aryl methyl sites for hydroxylation is 1. The highest BCUT2D eigenvalue weighted by Gasteiger charge is 2.12. The molecule has 0 saturated carbocycles. The Morgan fingerprint density at radius 3 is 2.61 bits per heavy atom. The smallest absolute Gasteiger partial charge is 0.238 e. The van der Waals surface area contributed by atoms with E-state index in [1.807, 2.05) is 45.0 Å². The van der Waals surface area contributed by atoms with Gasteiger partial charge < -0.3 is 10.6 Å². The quantitative estimate of drug-likeness (QED) is 0.804. The number of nitrogens with one attached hydrogen (secondary N) is 2. The van der Waals surface area contributed by atoms with E-state index in [2.05, 4.69) is 10.6 Å². The summed E-state index contributed by atoms with van der Waals surface area (Å²) >= 11 is 12.1. The third-order valence-electron chi connectivity index (χ3n) is 3.88. The predicted octanol–water partition coefficient (Wildman–Crippen LogP) is 4.90. The molecular weight excluding hydrogens is 331 g/mol. The van der Waals surface area contributed by atoms with Crippen LogP contribution in [-0.4, -0.2) is 12.5 Å². The molecule has 1 atom stereocenters. The Morgan fingerprint density at radius 1 is 1.17 bits per heavy atom. The zero-order chi connectivity index (χ0) is 17.0. The molecule has 5 heteroatoms. The monoisotopic (exact) mass is 350 g/mol. The highest BCUT2D eigenvalue weighted by molar-refractivity contribution is 6.35. The largest absolute Gasteiger partial charge is 0.325 e. The predicted molar refractivity (Wildman–Crippen MR) is 97.4 cm³/mol. The molecular formula is C18H20Cl2N2O. The molecule has 2 rings (SSSR count).